The van der Waals surface area contributed by atoms with Crippen LogP contribution >= 0.6 is 11.8 Å². The van der Waals surface area contributed by atoms with Crippen molar-refractivity contribution in [2.45, 2.75) is 25.4 Å². The van der Waals surface area contributed by atoms with Crippen LogP contribution in [0.2, 0.25) is 0 Å². The van der Waals surface area contributed by atoms with Gasteiger partial charge in [0.05, 0.1) is 0 Å². The fourth-order valence-corrected chi connectivity index (χ4v) is 4.32. The maximum Gasteiger partial charge on any atom is 0.0355 e. The molecule has 1 heterocycles. The molecule has 1 aliphatic heterocycles. The highest BCUT2D eigenvalue weighted by atomic mass is 32.2. The van der Waals surface area contributed by atoms with Gasteiger partial charge < -0.3 is 10.2 Å². The minimum Gasteiger partial charge on any atom is -0.313 e. The van der Waals surface area contributed by atoms with Crippen LogP contribution in [0.1, 0.15) is 24.9 Å². The third kappa shape index (κ3) is 3.98. The van der Waals surface area contributed by atoms with Crippen molar-refractivity contribution in [3.05, 3.63) is 35.9 Å². The molecule has 1 aromatic carbocycles. The largest absolute Gasteiger partial charge is 0.313 e. The Kier molecular flexibility index (Phi) is 5.74. The van der Waals surface area contributed by atoms with Gasteiger partial charge in [0.15, 0.2) is 0 Å². The number of rotatable bonds is 6. The van der Waals surface area contributed by atoms with Crippen LogP contribution in [0, 0.1) is 5.92 Å². The number of hydrogen-bond acceptors (Lipinski definition) is 3. The zero-order valence-electron chi connectivity index (χ0n) is 12.3. The summed E-state index contributed by atoms with van der Waals surface area (Å²) >= 11 is 2.09. The van der Waals surface area contributed by atoms with Gasteiger partial charge in [0.1, 0.15) is 0 Å². The number of thioether (sulfide) groups is 1. The molecule has 2 nitrogen and oxygen atoms in total. The first-order chi connectivity index (χ1) is 9.22. The molecule has 0 bridgehead atoms. The Hall–Kier alpha value is -0.510. The quantitative estimate of drug-likeness (QED) is 0.861. The highest BCUT2D eigenvalue weighted by molar-refractivity contribution is 7.99. The third-order valence-electron chi connectivity index (χ3n) is 4.14. The summed E-state index contributed by atoms with van der Waals surface area (Å²) in [5.41, 5.74) is 1.40. The van der Waals surface area contributed by atoms with E-state index in [9.17, 15) is 0 Å². The van der Waals surface area contributed by atoms with E-state index in [1.165, 1.54) is 23.5 Å². The third-order valence-corrected chi connectivity index (χ3v) is 5.29. The second-order valence-corrected chi connectivity index (χ2v) is 6.76. The molecule has 1 N–H and O–H groups in total. The molecule has 1 saturated heterocycles. The fraction of sp³-hybridized carbons (Fsp3) is 0.625. The summed E-state index contributed by atoms with van der Waals surface area (Å²) < 4.78 is 0. The van der Waals surface area contributed by atoms with Crippen LogP contribution in [0.15, 0.2) is 30.3 Å². The molecule has 2 rings (SSSR count). The molecule has 1 aromatic rings. The number of hydrogen-bond donors (Lipinski definition) is 1. The smallest absolute Gasteiger partial charge is 0.0355 e. The zero-order chi connectivity index (χ0) is 13.7. The first kappa shape index (κ1) is 14.9. The predicted molar refractivity (Wildman–Crippen MR) is 85.8 cm³/mol. The average Bonchev–Trinajstić information content (AvgIpc) is 2.94. The molecule has 1 fully saturated rings. The van der Waals surface area contributed by atoms with Crippen LogP contribution in [-0.2, 0) is 0 Å². The van der Waals surface area contributed by atoms with Gasteiger partial charge in [0.2, 0.25) is 0 Å². The lowest BCUT2D eigenvalue weighted by molar-refractivity contribution is 0.206. The highest BCUT2D eigenvalue weighted by Gasteiger charge is 2.24. The second-order valence-electron chi connectivity index (χ2n) is 5.61. The molecule has 106 valence electrons. The molecule has 3 heteroatoms. The van der Waals surface area contributed by atoms with Crippen molar-refractivity contribution < 1.29 is 0 Å². The number of nitrogens with one attached hydrogen (secondary N) is 1. The average molecular weight is 278 g/mol. The van der Waals surface area contributed by atoms with E-state index < -0.39 is 0 Å². The van der Waals surface area contributed by atoms with Gasteiger partial charge in [-0.05, 0) is 37.8 Å². The van der Waals surface area contributed by atoms with Crippen LogP contribution < -0.4 is 5.32 Å². The first-order valence-corrected chi connectivity index (χ1v) is 8.38. The van der Waals surface area contributed by atoms with E-state index in [0.717, 1.165) is 12.6 Å². The molecule has 0 aliphatic carbocycles. The van der Waals surface area contributed by atoms with E-state index >= 15 is 0 Å². The van der Waals surface area contributed by atoms with Crippen molar-refractivity contribution in [1.29, 1.82) is 0 Å². The van der Waals surface area contributed by atoms with E-state index in [0.29, 0.717) is 12.0 Å². The van der Waals surface area contributed by atoms with Crippen molar-refractivity contribution in [3.8, 4) is 0 Å². The standard InChI is InChI=1S/C16H26N2S/c1-13(11-18(3)15-9-10-19-12-15)16(17-2)14-7-5-4-6-8-14/h4-8,13,15-17H,9-12H2,1-3H3. The Labute approximate surface area is 122 Å². The molecule has 19 heavy (non-hydrogen) atoms. The van der Waals surface area contributed by atoms with E-state index in [4.69, 9.17) is 0 Å². The lowest BCUT2D eigenvalue weighted by Gasteiger charge is -2.31. The highest BCUT2D eigenvalue weighted by Crippen LogP contribution is 2.26. The Morgan fingerprint density at radius 2 is 2.11 bits per heavy atom. The minimum absolute atomic E-state index is 0.442. The van der Waals surface area contributed by atoms with Crippen LogP contribution in [0.3, 0.4) is 0 Å². The molecule has 3 atom stereocenters. The van der Waals surface area contributed by atoms with Crippen molar-refractivity contribution in [2.24, 2.45) is 5.92 Å². The van der Waals surface area contributed by atoms with Gasteiger partial charge in [0.25, 0.3) is 0 Å². The van der Waals surface area contributed by atoms with Crippen LogP contribution in [-0.4, -0.2) is 43.1 Å². The van der Waals surface area contributed by atoms with Crippen molar-refractivity contribution in [3.63, 3.8) is 0 Å². The normalized spacial score (nSPS) is 22.6. The minimum atomic E-state index is 0.442. The monoisotopic (exact) mass is 278 g/mol. The van der Waals surface area contributed by atoms with Crippen molar-refractivity contribution >= 4 is 11.8 Å². The first-order valence-electron chi connectivity index (χ1n) is 7.22. The summed E-state index contributed by atoms with van der Waals surface area (Å²) in [6.45, 7) is 3.51. The summed E-state index contributed by atoms with van der Waals surface area (Å²) in [5.74, 6) is 3.25. The van der Waals surface area contributed by atoms with Gasteiger partial charge in [-0.1, -0.05) is 37.3 Å². The summed E-state index contributed by atoms with van der Waals surface area (Å²) in [5, 5.41) is 3.48. The summed E-state index contributed by atoms with van der Waals surface area (Å²) in [4.78, 5) is 2.55. The summed E-state index contributed by atoms with van der Waals surface area (Å²) in [6, 6.07) is 12.0. The Balaban J connectivity index is 1.95. The van der Waals surface area contributed by atoms with E-state index in [1.54, 1.807) is 0 Å². The van der Waals surface area contributed by atoms with Crippen molar-refractivity contribution in [1.82, 2.24) is 10.2 Å². The van der Waals surface area contributed by atoms with Gasteiger partial charge in [-0.15, -0.1) is 0 Å². The van der Waals surface area contributed by atoms with Gasteiger partial charge in [-0.3, -0.25) is 0 Å². The second kappa shape index (κ2) is 7.32. The Morgan fingerprint density at radius 3 is 2.68 bits per heavy atom. The Bertz CT molecular complexity index is 362. The lowest BCUT2D eigenvalue weighted by atomic mass is 9.94. The molecule has 0 amide bonds. The van der Waals surface area contributed by atoms with Crippen LogP contribution in [0.5, 0.6) is 0 Å². The Morgan fingerprint density at radius 1 is 1.37 bits per heavy atom. The van der Waals surface area contributed by atoms with Gasteiger partial charge in [0, 0.05) is 24.4 Å². The molecular formula is C16H26N2S. The number of benzene rings is 1. The molecule has 3 unspecified atom stereocenters. The summed E-state index contributed by atoms with van der Waals surface area (Å²) in [7, 11) is 4.35. The lowest BCUT2D eigenvalue weighted by Crippen LogP contribution is -2.38. The maximum atomic E-state index is 3.48. The molecule has 0 spiro atoms. The van der Waals surface area contributed by atoms with E-state index in [1.807, 2.05) is 0 Å². The number of nitrogens with zero attached hydrogens (tertiary/aromatic N) is 1. The molecule has 1 aliphatic rings. The van der Waals surface area contributed by atoms with Crippen molar-refractivity contribution in [2.75, 3.05) is 32.1 Å². The summed E-state index contributed by atoms with van der Waals surface area (Å²) in [6.07, 6.45) is 1.35. The SMILES string of the molecule is CNC(c1ccccc1)C(C)CN(C)C1CCSC1. The van der Waals surface area contributed by atoms with Gasteiger partial charge in [-0.25, -0.2) is 0 Å². The molecule has 0 aromatic heterocycles. The fourth-order valence-electron chi connectivity index (χ4n) is 3.02. The molecule has 0 radical (unpaired) electrons. The molecular weight excluding hydrogens is 252 g/mol. The van der Waals surface area contributed by atoms with Gasteiger partial charge in [-0.2, -0.15) is 11.8 Å². The van der Waals surface area contributed by atoms with Crippen LogP contribution in [0.4, 0.5) is 0 Å². The maximum absolute atomic E-state index is 3.48. The molecule has 0 saturated carbocycles. The van der Waals surface area contributed by atoms with Crippen LogP contribution in [0.25, 0.3) is 0 Å². The van der Waals surface area contributed by atoms with Gasteiger partial charge >= 0.3 is 0 Å². The zero-order valence-corrected chi connectivity index (χ0v) is 13.1. The predicted octanol–water partition coefficient (Wildman–Crippen LogP) is 3.02. The van der Waals surface area contributed by atoms with E-state index in [-0.39, 0.29) is 0 Å². The van der Waals surface area contributed by atoms with E-state index in [2.05, 4.69) is 73.3 Å². The topological polar surface area (TPSA) is 15.3 Å².